The smallest absolute Gasteiger partial charge is 0.253 e. The van der Waals surface area contributed by atoms with Crippen molar-refractivity contribution in [3.05, 3.63) is 45.9 Å². The highest BCUT2D eigenvalue weighted by Gasteiger charge is 2.14. The Kier molecular flexibility index (Phi) is 4.55. The van der Waals surface area contributed by atoms with Gasteiger partial charge in [-0.05, 0) is 35.0 Å². The minimum Gasteiger partial charge on any atom is -0.348 e. The molecule has 0 saturated carbocycles. The highest BCUT2D eigenvalue weighted by atomic mass is 79.9. The summed E-state index contributed by atoms with van der Waals surface area (Å²) in [5.41, 5.74) is 0.446. The Hall–Kier alpha value is -1.40. The molecule has 1 aromatic heterocycles. The number of hydrogen-bond acceptors (Lipinski definition) is 3. The van der Waals surface area contributed by atoms with E-state index >= 15 is 0 Å². The highest BCUT2D eigenvalue weighted by molar-refractivity contribution is 9.10. The van der Waals surface area contributed by atoms with Crippen LogP contribution in [0.1, 0.15) is 17.3 Å². The molecular formula is C12H12BrClN4O. The van der Waals surface area contributed by atoms with E-state index in [9.17, 15) is 4.79 Å². The summed E-state index contributed by atoms with van der Waals surface area (Å²) in [5.74, 6) is -0.209. The largest absolute Gasteiger partial charge is 0.348 e. The third-order valence-electron chi connectivity index (χ3n) is 2.50. The first-order valence-electron chi connectivity index (χ1n) is 5.65. The number of nitrogens with zero attached hydrogens (tertiary/aromatic N) is 3. The summed E-state index contributed by atoms with van der Waals surface area (Å²) in [6, 6.07) is 5.17. The molecule has 0 unspecified atom stereocenters. The predicted molar refractivity (Wildman–Crippen MR) is 76.1 cm³/mol. The molecule has 100 valence electrons. The number of aromatic nitrogens is 3. The van der Waals surface area contributed by atoms with Crippen molar-refractivity contribution in [1.82, 2.24) is 20.1 Å². The van der Waals surface area contributed by atoms with Crippen molar-refractivity contribution >= 4 is 33.4 Å². The van der Waals surface area contributed by atoms with Crippen LogP contribution in [0.2, 0.25) is 5.02 Å². The van der Waals surface area contributed by atoms with Crippen LogP contribution in [0, 0.1) is 0 Å². The van der Waals surface area contributed by atoms with Crippen LogP contribution in [-0.4, -0.2) is 26.7 Å². The molecule has 0 radical (unpaired) electrons. The Balaban J connectivity index is 2.02. The first-order chi connectivity index (χ1) is 9.08. The number of nitrogens with one attached hydrogen (secondary N) is 1. The molecular weight excluding hydrogens is 332 g/mol. The summed E-state index contributed by atoms with van der Waals surface area (Å²) in [6.45, 7) is 2.45. The Morgan fingerprint density at radius 2 is 2.37 bits per heavy atom. The van der Waals surface area contributed by atoms with E-state index in [0.29, 0.717) is 21.6 Å². The summed E-state index contributed by atoms with van der Waals surface area (Å²) in [5, 5.41) is 7.27. The van der Waals surface area contributed by atoms with E-state index in [0.717, 1.165) is 0 Å². The van der Waals surface area contributed by atoms with Gasteiger partial charge in [-0.15, -0.1) is 0 Å². The van der Waals surface area contributed by atoms with Gasteiger partial charge in [0.05, 0.1) is 17.1 Å². The molecule has 1 heterocycles. The summed E-state index contributed by atoms with van der Waals surface area (Å²) < 4.78 is 2.36. The normalized spacial score (nSPS) is 12.2. The van der Waals surface area contributed by atoms with Crippen LogP contribution in [0.3, 0.4) is 0 Å². The molecule has 19 heavy (non-hydrogen) atoms. The molecule has 1 N–H and O–H groups in total. The minimum atomic E-state index is -0.209. The number of carbonyl (C=O) groups is 1. The van der Waals surface area contributed by atoms with E-state index in [1.807, 2.05) is 6.92 Å². The first-order valence-corrected chi connectivity index (χ1v) is 6.82. The number of benzene rings is 1. The van der Waals surface area contributed by atoms with Crippen molar-refractivity contribution in [2.24, 2.45) is 0 Å². The van der Waals surface area contributed by atoms with E-state index in [4.69, 9.17) is 11.6 Å². The molecule has 0 aliphatic rings. The van der Waals surface area contributed by atoms with Gasteiger partial charge in [-0.1, -0.05) is 17.7 Å². The van der Waals surface area contributed by atoms with Gasteiger partial charge in [-0.25, -0.2) is 4.98 Å². The zero-order valence-corrected chi connectivity index (χ0v) is 12.5. The first kappa shape index (κ1) is 14.0. The van der Waals surface area contributed by atoms with Crippen LogP contribution in [0.5, 0.6) is 0 Å². The van der Waals surface area contributed by atoms with Crippen molar-refractivity contribution in [3.8, 4) is 0 Å². The Bertz CT molecular complexity index is 573. The standard InChI is InChI=1S/C12H12BrClN4O/c1-8(5-18-7-15-6-16-18)17-12(19)9-3-2-4-10(13)11(9)14/h2-4,6-8H,5H2,1H3,(H,17,19)/t8-/m1/s1. The molecule has 1 atom stereocenters. The van der Waals surface area contributed by atoms with Crippen molar-refractivity contribution in [3.63, 3.8) is 0 Å². The van der Waals surface area contributed by atoms with Gasteiger partial charge in [-0.2, -0.15) is 5.10 Å². The fourth-order valence-corrected chi connectivity index (χ4v) is 2.21. The third kappa shape index (κ3) is 3.54. The van der Waals surface area contributed by atoms with Gasteiger partial charge < -0.3 is 5.32 Å². The van der Waals surface area contributed by atoms with Gasteiger partial charge in [0.25, 0.3) is 5.91 Å². The van der Waals surface area contributed by atoms with Crippen LogP contribution in [0.4, 0.5) is 0 Å². The summed E-state index contributed by atoms with van der Waals surface area (Å²) in [7, 11) is 0. The van der Waals surface area contributed by atoms with E-state index in [1.54, 1.807) is 29.2 Å². The molecule has 0 fully saturated rings. The molecule has 1 amide bonds. The van der Waals surface area contributed by atoms with Crippen molar-refractivity contribution in [2.75, 3.05) is 0 Å². The quantitative estimate of drug-likeness (QED) is 0.928. The van der Waals surface area contributed by atoms with Crippen LogP contribution in [-0.2, 0) is 6.54 Å². The maximum atomic E-state index is 12.1. The van der Waals surface area contributed by atoms with Crippen molar-refractivity contribution in [1.29, 1.82) is 0 Å². The highest BCUT2D eigenvalue weighted by Crippen LogP contribution is 2.25. The molecule has 1 aromatic carbocycles. The van der Waals surface area contributed by atoms with Gasteiger partial charge in [0.2, 0.25) is 0 Å². The van der Waals surface area contributed by atoms with Crippen LogP contribution in [0.15, 0.2) is 35.3 Å². The van der Waals surface area contributed by atoms with Gasteiger partial charge in [0.15, 0.2) is 0 Å². The molecule has 0 aliphatic heterocycles. The lowest BCUT2D eigenvalue weighted by molar-refractivity contribution is 0.0936. The number of rotatable bonds is 4. The molecule has 0 spiro atoms. The Morgan fingerprint density at radius 1 is 1.58 bits per heavy atom. The lowest BCUT2D eigenvalue weighted by Gasteiger charge is -2.14. The minimum absolute atomic E-state index is 0.0794. The summed E-state index contributed by atoms with van der Waals surface area (Å²) >= 11 is 9.37. The maximum Gasteiger partial charge on any atom is 0.253 e. The van der Waals surface area contributed by atoms with E-state index in [-0.39, 0.29) is 11.9 Å². The molecule has 0 saturated heterocycles. The van der Waals surface area contributed by atoms with Gasteiger partial charge in [0.1, 0.15) is 12.7 Å². The average molecular weight is 344 g/mol. The zero-order chi connectivity index (χ0) is 13.8. The summed E-state index contributed by atoms with van der Waals surface area (Å²) in [6.07, 6.45) is 3.06. The second-order valence-electron chi connectivity index (χ2n) is 4.09. The van der Waals surface area contributed by atoms with Crippen molar-refractivity contribution < 1.29 is 4.79 Å². The molecule has 2 rings (SSSR count). The second-order valence-corrected chi connectivity index (χ2v) is 5.33. The molecule has 2 aromatic rings. The van der Waals surface area contributed by atoms with E-state index in [1.165, 1.54) is 6.33 Å². The van der Waals surface area contributed by atoms with Crippen LogP contribution in [0.25, 0.3) is 0 Å². The fraction of sp³-hybridized carbons (Fsp3) is 0.250. The Labute approximate surface area is 124 Å². The Morgan fingerprint density at radius 3 is 3.05 bits per heavy atom. The molecule has 0 aliphatic carbocycles. The van der Waals surface area contributed by atoms with Crippen LogP contribution >= 0.6 is 27.5 Å². The fourth-order valence-electron chi connectivity index (χ4n) is 1.63. The molecule has 0 bridgehead atoms. The SMILES string of the molecule is C[C@H](Cn1cncn1)NC(=O)c1cccc(Br)c1Cl. The molecule has 5 nitrogen and oxygen atoms in total. The zero-order valence-electron chi connectivity index (χ0n) is 10.2. The van der Waals surface area contributed by atoms with Crippen LogP contribution < -0.4 is 5.32 Å². The number of amides is 1. The maximum absolute atomic E-state index is 12.1. The molecule has 7 heteroatoms. The van der Waals surface area contributed by atoms with E-state index in [2.05, 4.69) is 31.3 Å². The monoisotopic (exact) mass is 342 g/mol. The number of carbonyl (C=O) groups excluding carboxylic acids is 1. The second kappa shape index (κ2) is 6.16. The van der Waals surface area contributed by atoms with Gasteiger partial charge in [0, 0.05) is 10.5 Å². The predicted octanol–water partition coefficient (Wildman–Crippen LogP) is 2.51. The lowest BCUT2D eigenvalue weighted by atomic mass is 10.2. The number of hydrogen-bond donors (Lipinski definition) is 1. The van der Waals surface area contributed by atoms with Gasteiger partial charge >= 0.3 is 0 Å². The third-order valence-corrected chi connectivity index (χ3v) is 3.80. The van der Waals surface area contributed by atoms with E-state index < -0.39 is 0 Å². The lowest BCUT2D eigenvalue weighted by Crippen LogP contribution is -2.36. The summed E-state index contributed by atoms with van der Waals surface area (Å²) in [4.78, 5) is 15.9. The average Bonchev–Trinajstić information content (AvgIpc) is 2.85. The van der Waals surface area contributed by atoms with Crippen molar-refractivity contribution in [2.45, 2.75) is 19.5 Å². The van der Waals surface area contributed by atoms with Gasteiger partial charge in [-0.3, -0.25) is 9.48 Å². The topological polar surface area (TPSA) is 59.8 Å². The number of halogens is 2.